The van der Waals surface area contributed by atoms with Crippen molar-refractivity contribution in [2.45, 2.75) is 47.0 Å². The van der Waals surface area contributed by atoms with Crippen LogP contribution in [0.5, 0.6) is 0 Å². The van der Waals surface area contributed by atoms with E-state index in [9.17, 15) is 9.18 Å². The van der Waals surface area contributed by atoms with Crippen molar-refractivity contribution in [3.63, 3.8) is 0 Å². The summed E-state index contributed by atoms with van der Waals surface area (Å²) in [5.41, 5.74) is 2.50. The molecular formula is C19H26FN3O. The molecule has 1 heterocycles. The number of halogens is 1. The van der Waals surface area contributed by atoms with E-state index in [2.05, 4.69) is 24.3 Å². The molecule has 0 fully saturated rings. The van der Waals surface area contributed by atoms with Gasteiger partial charge in [-0.05, 0) is 35.6 Å². The largest absolute Gasteiger partial charge is 0.311 e. The molecule has 0 atom stereocenters. The molecule has 0 aliphatic rings. The van der Waals surface area contributed by atoms with Gasteiger partial charge in [-0.25, -0.2) is 4.39 Å². The Morgan fingerprint density at radius 3 is 2.33 bits per heavy atom. The van der Waals surface area contributed by atoms with Crippen molar-refractivity contribution in [3.8, 4) is 11.3 Å². The lowest BCUT2D eigenvalue weighted by Gasteiger charge is -2.18. The lowest BCUT2D eigenvalue weighted by Crippen LogP contribution is -2.21. The fourth-order valence-corrected chi connectivity index (χ4v) is 2.71. The number of hydrogen-bond donors (Lipinski definition) is 1. The molecule has 24 heavy (non-hydrogen) atoms. The molecule has 1 aromatic heterocycles. The molecule has 2 rings (SSSR count). The molecule has 4 nitrogen and oxygen atoms in total. The van der Waals surface area contributed by atoms with Gasteiger partial charge >= 0.3 is 0 Å². The fourth-order valence-electron chi connectivity index (χ4n) is 2.71. The van der Waals surface area contributed by atoms with Crippen LogP contribution in [-0.4, -0.2) is 15.7 Å². The van der Waals surface area contributed by atoms with Gasteiger partial charge < -0.3 is 5.32 Å². The van der Waals surface area contributed by atoms with Crippen molar-refractivity contribution in [1.82, 2.24) is 9.78 Å². The predicted octanol–water partition coefficient (Wildman–Crippen LogP) is 4.72. The summed E-state index contributed by atoms with van der Waals surface area (Å²) < 4.78 is 14.9. The molecule has 2 aromatic rings. The Hall–Kier alpha value is -2.17. The standard InChI is InChI=1S/C19H26FN3O/c1-12(2)16-17(13-7-9-14(20)10-8-13)22-23(6)18(16)21-15(24)11-19(3,4)5/h7-10,12H,11H2,1-6H3,(H,21,24). The number of aryl methyl sites for hydroxylation is 1. The van der Waals surface area contributed by atoms with Crippen molar-refractivity contribution < 1.29 is 9.18 Å². The minimum absolute atomic E-state index is 0.0296. The minimum atomic E-state index is -0.278. The number of carbonyl (C=O) groups excluding carboxylic acids is 1. The third-order valence-electron chi connectivity index (χ3n) is 3.73. The van der Waals surface area contributed by atoms with Gasteiger partial charge in [-0.15, -0.1) is 0 Å². The summed E-state index contributed by atoms with van der Waals surface area (Å²) in [6.07, 6.45) is 0.432. The molecule has 1 aromatic carbocycles. The Bertz CT molecular complexity index is 724. The lowest BCUT2D eigenvalue weighted by molar-refractivity contribution is -0.117. The molecule has 0 saturated carbocycles. The maximum atomic E-state index is 13.2. The number of carbonyl (C=O) groups is 1. The molecular weight excluding hydrogens is 305 g/mol. The third-order valence-corrected chi connectivity index (χ3v) is 3.73. The van der Waals surface area contributed by atoms with Gasteiger partial charge in [0.15, 0.2) is 0 Å². The lowest BCUT2D eigenvalue weighted by atomic mass is 9.92. The topological polar surface area (TPSA) is 46.9 Å². The first kappa shape index (κ1) is 18.2. The van der Waals surface area contributed by atoms with Gasteiger partial charge in [0.1, 0.15) is 11.6 Å². The summed E-state index contributed by atoms with van der Waals surface area (Å²) in [6, 6.07) is 6.27. The van der Waals surface area contributed by atoms with Gasteiger partial charge in [0.2, 0.25) is 5.91 Å². The van der Waals surface area contributed by atoms with Crippen molar-refractivity contribution in [2.75, 3.05) is 5.32 Å². The van der Waals surface area contributed by atoms with E-state index in [1.165, 1.54) is 12.1 Å². The second kappa shape index (κ2) is 6.75. The van der Waals surface area contributed by atoms with Crippen molar-refractivity contribution >= 4 is 11.7 Å². The van der Waals surface area contributed by atoms with Crippen LogP contribution in [0.2, 0.25) is 0 Å². The highest BCUT2D eigenvalue weighted by atomic mass is 19.1. The van der Waals surface area contributed by atoms with Gasteiger partial charge in [-0.2, -0.15) is 5.10 Å². The van der Waals surface area contributed by atoms with E-state index < -0.39 is 0 Å². The number of aromatic nitrogens is 2. The zero-order valence-electron chi connectivity index (χ0n) is 15.3. The average Bonchev–Trinajstić information content (AvgIpc) is 2.74. The van der Waals surface area contributed by atoms with Crippen molar-refractivity contribution in [2.24, 2.45) is 12.5 Å². The highest BCUT2D eigenvalue weighted by Crippen LogP contribution is 2.34. The van der Waals surface area contributed by atoms with Crippen LogP contribution in [0.4, 0.5) is 10.2 Å². The monoisotopic (exact) mass is 331 g/mol. The first-order valence-electron chi connectivity index (χ1n) is 8.21. The van der Waals surface area contributed by atoms with E-state index in [-0.39, 0.29) is 23.1 Å². The van der Waals surface area contributed by atoms with E-state index in [1.807, 2.05) is 27.8 Å². The summed E-state index contributed by atoms with van der Waals surface area (Å²) in [4.78, 5) is 12.3. The molecule has 0 radical (unpaired) electrons. The maximum Gasteiger partial charge on any atom is 0.226 e. The van der Waals surface area contributed by atoms with E-state index >= 15 is 0 Å². The summed E-state index contributed by atoms with van der Waals surface area (Å²) >= 11 is 0. The van der Waals surface area contributed by atoms with Crippen molar-refractivity contribution in [3.05, 3.63) is 35.6 Å². The van der Waals surface area contributed by atoms with Crippen LogP contribution >= 0.6 is 0 Å². The minimum Gasteiger partial charge on any atom is -0.311 e. The molecule has 5 heteroatoms. The van der Waals surface area contributed by atoms with Crippen LogP contribution in [0, 0.1) is 11.2 Å². The van der Waals surface area contributed by atoms with Gasteiger partial charge in [0.05, 0.1) is 5.69 Å². The number of benzene rings is 1. The number of nitrogens with zero attached hydrogens (tertiary/aromatic N) is 2. The highest BCUT2D eigenvalue weighted by molar-refractivity contribution is 5.92. The second-order valence-corrected chi connectivity index (χ2v) is 7.68. The van der Waals surface area contributed by atoms with E-state index in [1.54, 1.807) is 16.8 Å². The Morgan fingerprint density at radius 1 is 1.25 bits per heavy atom. The maximum absolute atomic E-state index is 13.2. The van der Waals surface area contributed by atoms with Crippen LogP contribution < -0.4 is 5.32 Å². The van der Waals surface area contributed by atoms with Crippen molar-refractivity contribution in [1.29, 1.82) is 0 Å². The highest BCUT2D eigenvalue weighted by Gasteiger charge is 2.23. The molecule has 0 aliphatic carbocycles. The van der Waals surface area contributed by atoms with E-state index in [0.717, 1.165) is 16.8 Å². The zero-order valence-corrected chi connectivity index (χ0v) is 15.3. The van der Waals surface area contributed by atoms with E-state index in [0.29, 0.717) is 12.2 Å². The average molecular weight is 331 g/mol. The van der Waals surface area contributed by atoms with Gasteiger partial charge in [-0.1, -0.05) is 34.6 Å². The van der Waals surface area contributed by atoms with Crippen LogP contribution in [0.3, 0.4) is 0 Å². The second-order valence-electron chi connectivity index (χ2n) is 7.68. The summed E-state index contributed by atoms with van der Waals surface area (Å²) in [6.45, 7) is 10.2. The quantitative estimate of drug-likeness (QED) is 0.881. The van der Waals surface area contributed by atoms with Crippen LogP contribution in [-0.2, 0) is 11.8 Å². The number of hydrogen-bond acceptors (Lipinski definition) is 2. The van der Waals surface area contributed by atoms with Crippen LogP contribution in [0.15, 0.2) is 24.3 Å². The summed E-state index contributed by atoms with van der Waals surface area (Å²) in [7, 11) is 1.81. The summed E-state index contributed by atoms with van der Waals surface area (Å²) in [5, 5.41) is 7.57. The summed E-state index contributed by atoms with van der Waals surface area (Å²) in [5.74, 6) is 0.569. The van der Waals surface area contributed by atoms with Crippen LogP contribution in [0.1, 0.15) is 52.5 Å². The van der Waals surface area contributed by atoms with Gasteiger partial charge in [0.25, 0.3) is 0 Å². The Morgan fingerprint density at radius 2 is 1.83 bits per heavy atom. The molecule has 0 unspecified atom stereocenters. The zero-order chi connectivity index (χ0) is 18.1. The molecule has 0 saturated heterocycles. The normalized spacial score (nSPS) is 11.8. The first-order chi connectivity index (χ1) is 11.1. The number of rotatable bonds is 4. The first-order valence-corrected chi connectivity index (χ1v) is 8.21. The number of amides is 1. The molecule has 0 spiro atoms. The molecule has 1 N–H and O–H groups in total. The molecule has 130 valence electrons. The number of nitrogens with one attached hydrogen (secondary N) is 1. The Balaban J connectivity index is 2.42. The molecule has 1 amide bonds. The third kappa shape index (κ3) is 4.22. The SMILES string of the molecule is CC(C)c1c(-c2ccc(F)cc2)nn(C)c1NC(=O)CC(C)(C)C. The van der Waals surface area contributed by atoms with Crippen LogP contribution in [0.25, 0.3) is 11.3 Å². The van der Waals surface area contributed by atoms with Gasteiger partial charge in [0, 0.05) is 24.6 Å². The molecule has 0 bridgehead atoms. The van der Waals surface area contributed by atoms with E-state index in [4.69, 9.17) is 0 Å². The Labute approximate surface area is 143 Å². The number of anilines is 1. The smallest absolute Gasteiger partial charge is 0.226 e. The van der Waals surface area contributed by atoms with Gasteiger partial charge in [-0.3, -0.25) is 9.48 Å². The fraction of sp³-hybridized carbons (Fsp3) is 0.474. The Kier molecular flexibility index (Phi) is 5.11. The predicted molar refractivity (Wildman–Crippen MR) is 95.4 cm³/mol. The molecule has 0 aliphatic heterocycles.